The van der Waals surface area contributed by atoms with Crippen molar-refractivity contribution in [2.75, 3.05) is 33.1 Å². The van der Waals surface area contributed by atoms with Crippen molar-refractivity contribution >= 4 is 15.9 Å². The molecule has 9 nitrogen and oxygen atoms in total. The normalized spacial score (nSPS) is 20.6. The Morgan fingerprint density at radius 2 is 2.19 bits per heavy atom. The van der Waals surface area contributed by atoms with Gasteiger partial charge < -0.3 is 14.5 Å². The van der Waals surface area contributed by atoms with E-state index in [9.17, 15) is 13.2 Å². The molecule has 3 heterocycles. The SMILES string of the molecule is CN(C)S(=O)(=O)C[C@@H]1COC[C@H]1NC(=O)c1ccc(Cn2cccn2)o1. The largest absolute Gasteiger partial charge is 0.454 e. The summed E-state index contributed by atoms with van der Waals surface area (Å²) in [5, 5.41) is 6.90. The molecule has 2 atom stereocenters. The molecular formula is C16H22N4O5S. The second-order valence-corrected chi connectivity index (χ2v) is 8.64. The maximum atomic E-state index is 12.4. The molecule has 1 aliphatic heterocycles. The average Bonchev–Trinajstić information content (AvgIpc) is 3.31. The minimum absolute atomic E-state index is 0.0757. The van der Waals surface area contributed by atoms with Crippen LogP contribution in [0.1, 0.15) is 16.3 Å². The fraction of sp³-hybridized carbons (Fsp3) is 0.500. The van der Waals surface area contributed by atoms with Crippen molar-refractivity contribution in [2.24, 2.45) is 5.92 Å². The Morgan fingerprint density at radius 3 is 2.88 bits per heavy atom. The summed E-state index contributed by atoms with van der Waals surface area (Å²) in [6.45, 7) is 0.997. The van der Waals surface area contributed by atoms with E-state index >= 15 is 0 Å². The fourth-order valence-electron chi connectivity index (χ4n) is 2.72. The van der Waals surface area contributed by atoms with Gasteiger partial charge in [0.1, 0.15) is 5.76 Å². The van der Waals surface area contributed by atoms with Crippen molar-refractivity contribution in [3.05, 3.63) is 42.1 Å². The Kier molecular flexibility index (Phi) is 5.44. The highest BCUT2D eigenvalue weighted by atomic mass is 32.2. The van der Waals surface area contributed by atoms with Gasteiger partial charge in [0.05, 0.1) is 31.6 Å². The van der Waals surface area contributed by atoms with E-state index in [1.165, 1.54) is 18.4 Å². The zero-order valence-electron chi connectivity index (χ0n) is 14.7. The maximum Gasteiger partial charge on any atom is 0.287 e. The molecule has 1 N–H and O–H groups in total. The Balaban J connectivity index is 1.61. The molecule has 2 aromatic rings. The number of carbonyl (C=O) groups is 1. The molecule has 1 saturated heterocycles. The van der Waals surface area contributed by atoms with Crippen LogP contribution in [0.4, 0.5) is 0 Å². The molecule has 142 valence electrons. The summed E-state index contributed by atoms with van der Waals surface area (Å²) in [5.41, 5.74) is 0. The van der Waals surface area contributed by atoms with Crippen molar-refractivity contribution in [1.82, 2.24) is 19.4 Å². The molecule has 0 aromatic carbocycles. The lowest BCUT2D eigenvalue weighted by Crippen LogP contribution is -2.43. The van der Waals surface area contributed by atoms with Gasteiger partial charge in [-0.25, -0.2) is 12.7 Å². The van der Waals surface area contributed by atoms with E-state index in [0.717, 1.165) is 0 Å². The van der Waals surface area contributed by atoms with Gasteiger partial charge in [0.2, 0.25) is 10.0 Å². The number of furan rings is 1. The first-order valence-electron chi connectivity index (χ1n) is 8.20. The number of carbonyl (C=O) groups excluding carboxylic acids is 1. The Bertz CT molecular complexity index is 844. The Hall–Kier alpha value is -2.17. The van der Waals surface area contributed by atoms with Gasteiger partial charge in [-0.3, -0.25) is 9.48 Å². The number of aromatic nitrogens is 2. The van der Waals surface area contributed by atoms with E-state index in [1.807, 2.05) is 0 Å². The first-order valence-corrected chi connectivity index (χ1v) is 9.81. The van der Waals surface area contributed by atoms with Gasteiger partial charge in [-0.1, -0.05) is 0 Å². The maximum absolute atomic E-state index is 12.4. The third kappa shape index (κ3) is 4.32. The van der Waals surface area contributed by atoms with E-state index in [-0.39, 0.29) is 36.0 Å². The molecule has 1 fully saturated rings. The van der Waals surface area contributed by atoms with Crippen LogP contribution in [0.25, 0.3) is 0 Å². The van der Waals surface area contributed by atoms with Gasteiger partial charge in [0, 0.05) is 32.4 Å². The van der Waals surface area contributed by atoms with Crippen molar-refractivity contribution in [1.29, 1.82) is 0 Å². The van der Waals surface area contributed by atoms with Gasteiger partial charge in [-0.05, 0) is 18.2 Å². The zero-order valence-corrected chi connectivity index (χ0v) is 15.5. The highest BCUT2D eigenvalue weighted by Gasteiger charge is 2.34. The van der Waals surface area contributed by atoms with Crippen LogP contribution in [0.5, 0.6) is 0 Å². The lowest BCUT2D eigenvalue weighted by molar-refractivity contribution is 0.0896. The predicted octanol–water partition coefficient (Wildman–Crippen LogP) is 0.161. The number of nitrogens with one attached hydrogen (secondary N) is 1. The first kappa shape index (κ1) is 18.6. The molecule has 0 bridgehead atoms. The summed E-state index contributed by atoms with van der Waals surface area (Å²) in [6.07, 6.45) is 3.46. The van der Waals surface area contributed by atoms with Crippen LogP contribution < -0.4 is 5.32 Å². The lowest BCUT2D eigenvalue weighted by atomic mass is 10.1. The van der Waals surface area contributed by atoms with Gasteiger partial charge in [-0.15, -0.1) is 0 Å². The van der Waals surface area contributed by atoms with Gasteiger partial charge >= 0.3 is 0 Å². The van der Waals surface area contributed by atoms with E-state index in [4.69, 9.17) is 9.15 Å². The predicted molar refractivity (Wildman–Crippen MR) is 93.1 cm³/mol. The molecule has 0 radical (unpaired) electrons. The van der Waals surface area contributed by atoms with Crippen molar-refractivity contribution in [3.8, 4) is 0 Å². The van der Waals surface area contributed by atoms with Crippen molar-refractivity contribution in [2.45, 2.75) is 12.6 Å². The smallest absolute Gasteiger partial charge is 0.287 e. The van der Waals surface area contributed by atoms with Crippen LogP contribution in [0.15, 0.2) is 35.0 Å². The minimum Gasteiger partial charge on any atom is -0.454 e. The summed E-state index contributed by atoms with van der Waals surface area (Å²) in [5.74, 6) is 0.0130. The summed E-state index contributed by atoms with van der Waals surface area (Å²) in [6, 6.07) is 4.74. The lowest BCUT2D eigenvalue weighted by Gasteiger charge is -2.20. The zero-order chi connectivity index (χ0) is 18.7. The molecule has 10 heteroatoms. The van der Waals surface area contributed by atoms with E-state index in [0.29, 0.717) is 18.9 Å². The average molecular weight is 382 g/mol. The highest BCUT2D eigenvalue weighted by molar-refractivity contribution is 7.89. The molecule has 0 aliphatic carbocycles. The Labute approximate surface area is 152 Å². The van der Waals surface area contributed by atoms with E-state index < -0.39 is 10.0 Å². The van der Waals surface area contributed by atoms with Gasteiger partial charge in [0.15, 0.2) is 5.76 Å². The number of hydrogen-bond donors (Lipinski definition) is 1. The second-order valence-electron chi connectivity index (χ2n) is 6.41. The summed E-state index contributed by atoms with van der Waals surface area (Å²) in [4.78, 5) is 12.4. The molecular weight excluding hydrogens is 360 g/mol. The summed E-state index contributed by atoms with van der Waals surface area (Å²) >= 11 is 0. The van der Waals surface area contributed by atoms with Crippen LogP contribution in [-0.2, 0) is 21.3 Å². The highest BCUT2D eigenvalue weighted by Crippen LogP contribution is 2.18. The number of hydrogen-bond acceptors (Lipinski definition) is 6. The molecule has 0 spiro atoms. The molecule has 2 aromatic heterocycles. The molecule has 1 aliphatic rings. The van der Waals surface area contributed by atoms with Crippen LogP contribution in [0.2, 0.25) is 0 Å². The van der Waals surface area contributed by atoms with Crippen molar-refractivity contribution in [3.63, 3.8) is 0 Å². The number of amides is 1. The number of ether oxygens (including phenoxy) is 1. The second kappa shape index (κ2) is 7.60. The van der Waals surface area contributed by atoms with Crippen LogP contribution in [-0.4, -0.2) is 67.5 Å². The number of rotatable bonds is 7. The summed E-state index contributed by atoms with van der Waals surface area (Å²) < 4.78 is 37.9. The molecule has 26 heavy (non-hydrogen) atoms. The Morgan fingerprint density at radius 1 is 1.38 bits per heavy atom. The van der Waals surface area contributed by atoms with E-state index in [2.05, 4.69) is 10.4 Å². The van der Waals surface area contributed by atoms with Crippen LogP contribution >= 0.6 is 0 Å². The van der Waals surface area contributed by atoms with Gasteiger partial charge in [-0.2, -0.15) is 5.10 Å². The van der Waals surface area contributed by atoms with Gasteiger partial charge in [0.25, 0.3) is 5.91 Å². The fourth-order valence-corrected chi connectivity index (χ4v) is 3.89. The molecule has 3 rings (SSSR count). The topological polar surface area (TPSA) is 107 Å². The summed E-state index contributed by atoms with van der Waals surface area (Å²) in [7, 11) is -0.393. The minimum atomic E-state index is -3.37. The van der Waals surface area contributed by atoms with Crippen LogP contribution in [0, 0.1) is 5.92 Å². The monoisotopic (exact) mass is 382 g/mol. The molecule has 0 saturated carbocycles. The van der Waals surface area contributed by atoms with E-state index in [1.54, 1.807) is 35.3 Å². The number of nitrogens with zero attached hydrogens (tertiary/aromatic N) is 3. The standard InChI is InChI=1S/C16H22N4O5S/c1-19(2)26(22,23)11-12-9-24-10-14(12)18-16(21)15-5-4-13(25-15)8-20-7-3-6-17-20/h3-7,12,14H,8-11H2,1-2H3,(H,18,21)/t12-,14+/m0/s1. The van der Waals surface area contributed by atoms with Crippen LogP contribution in [0.3, 0.4) is 0 Å². The third-order valence-electron chi connectivity index (χ3n) is 4.26. The quantitative estimate of drug-likeness (QED) is 0.731. The molecule has 0 unspecified atom stereocenters. The number of sulfonamides is 1. The van der Waals surface area contributed by atoms with Crippen molar-refractivity contribution < 1.29 is 22.4 Å². The molecule has 1 amide bonds. The first-order chi connectivity index (χ1) is 12.3. The third-order valence-corrected chi connectivity index (χ3v) is 6.22.